The van der Waals surface area contributed by atoms with Crippen molar-refractivity contribution in [2.24, 2.45) is 0 Å². The van der Waals surface area contributed by atoms with E-state index in [0.29, 0.717) is 5.56 Å². The number of nitro groups is 1. The van der Waals surface area contributed by atoms with Crippen molar-refractivity contribution in [3.8, 4) is 11.1 Å². The number of benzene rings is 2. The monoisotopic (exact) mass is 416 g/mol. The molecule has 3 N–H and O–H groups in total. The second-order valence-corrected chi connectivity index (χ2v) is 7.03. The Morgan fingerprint density at radius 1 is 1.16 bits per heavy atom. The normalized spacial score (nSPS) is 12.4. The number of nitrogen functional groups attached to an aromatic ring is 1. The molecule has 1 amide bonds. The molecule has 156 valence electrons. The van der Waals surface area contributed by atoms with Crippen LogP contribution in [0.15, 0.2) is 66.9 Å². The van der Waals surface area contributed by atoms with E-state index in [4.69, 9.17) is 10.5 Å². The van der Waals surface area contributed by atoms with E-state index in [1.807, 2.05) is 24.3 Å². The van der Waals surface area contributed by atoms with Crippen molar-refractivity contribution in [3.05, 3.63) is 93.7 Å². The van der Waals surface area contributed by atoms with Crippen molar-refractivity contribution in [3.63, 3.8) is 0 Å². The van der Waals surface area contributed by atoms with Gasteiger partial charge in [0.1, 0.15) is 18.6 Å². The number of fused-ring (bicyclic) bond motifs is 3. The quantitative estimate of drug-likeness (QED) is 0.461. The molecule has 0 spiro atoms. The highest BCUT2D eigenvalue weighted by Crippen LogP contribution is 2.44. The first-order valence-electron chi connectivity index (χ1n) is 9.70. The number of anilines is 1. The molecule has 1 aliphatic carbocycles. The molecule has 0 saturated carbocycles. The summed E-state index contributed by atoms with van der Waals surface area (Å²) in [5, 5.41) is 13.5. The lowest BCUT2D eigenvalue weighted by atomic mass is 9.98. The Hall–Kier alpha value is -4.20. The predicted octanol–water partition coefficient (Wildman–Crippen LogP) is 4.12. The number of hydrogen-bond acceptors (Lipinski definition) is 6. The molecule has 31 heavy (non-hydrogen) atoms. The van der Waals surface area contributed by atoms with E-state index in [1.165, 1.54) is 6.07 Å². The molecule has 0 unspecified atom stereocenters. The van der Waals surface area contributed by atoms with Crippen molar-refractivity contribution in [2.75, 3.05) is 18.9 Å². The number of nitrogens with zero attached hydrogens (tertiary/aromatic N) is 2. The third kappa shape index (κ3) is 4.23. The van der Waals surface area contributed by atoms with Crippen molar-refractivity contribution in [2.45, 2.75) is 5.92 Å². The van der Waals surface area contributed by atoms with Gasteiger partial charge in [-0.2, -0.15) is 0 Å². The smallest absolute Gasteiger partial charge is 0.407 e. The zero-order valence-electron chi connectivity index (χ0n) is 16.5. The Morgan fingerprint density at radius 3 is 2.45 bits per heavy atom. The van der Waals surface area contributed by atoms with Crippen LogP contribution in [0.25, 0.3) is 17.2 Å². The van der Waals surface area contributed by atoms with Gasteiger partial charge in [0.15, 0.2) is 0 Å². The van der Waals surface area contributed by atoms with Gasteiger partial charge in [-0.15, -0.1) is 0 Å². The average molecular weight is 416 g/mol. The zero-order chi connectivity index (χ0) is 21.8. The maximum absolute atomic E-state index is 12.2. The Balaban J connectivity index is 1.34. The highest BCUT2D eigenvalue weighted by atomic mass is 16.6. The molecule has 2 aromatic carbocycles. The van der Waals surface area contributed by atoms with Gasteiger partial charge in [0, 0.05) is 24.1 Å². The van der Waals surface area contributed by atoms with Crippen LogP contribution in [0.3, 0.4) is 0 Å². The minimum atomic E-state index is -0.545. The summed E-state index contributed by atoms with van der Waals surface area (Å²) in [6, 6.07) is 17.6. The van der Waals surface area contributed by atoms with Crippen LogP contribution < -0.4 is 11.1 Å². The van der Waals surface area contributed by atoms with E-state index in [-0.39, 0.29) is 30.6 Å². The van der Waals surface area contributed by atoms with Crippen LogP contribution in [0.2, 0.25) is 0 Å². The van der Waals surface area contributed by atoms with E-state index >= 15 is 0 Å². The van der Waals surface area contributed by atoms with Crippen molar-refractivity contribution >= 4 is 23.7 Å². The molecule has 1 aliphatic rings. The Morgan fingerprint density at radius 2 is 1.81 bits per heavy atom. The van der Waals surface area contributed by atoms with Crippen LogP contribution in [0.4, 0.5) is 16.3 Å². The molecule has 1 heterocycles. The third-order valence-corrected chi connectivity index (χ3v) is 5.15. The van der Waals surface area contributed by atoms with E-state index < -0.39 is 11.0 Å². The number of carbonyl (C=O) groups excluding carboxylic acids is 1. The highest BCUT2D eigenvalue weighted by Gasteiger charge is 2.28. The fourth-order valence-electron chi connectivity index (χ4n) is 3.69. The molecular weight excluding hydrogens is 396 g/mol. The number of pyridine rings is 1. The van der Waals surface area contributed by atoms with Gasteiger partial charge in [-0.05, 0) is 22.3 Å². The van der Waals surface area contributed by atoms with Gasteiger partial charge in [-0.25, -0.2) is 9.78 Å². The van der Waals surface area contributed by atoms with Gasteiger partial charge >= 0.3 is 6.09 Å². The van der Waals surface area contributed by atoms with E-state index in [2.05, 4.69) is 34.6 Å². The standard InChI is InChI=1S/C23H20N4O4/c24-22-15(12-16(13-26-22)27(29)30)6-5-11-25-23(28)31-14-21-19-9-3-1-7-17(19)18-8-2-4-10-20(18)21/h1-10,12-13,21H,11,14H2,(H2,24,26)(H,25,28). The molecule has 0 aliphatic heterocycles. The van der Waals surface area contributed by atoms with E-state index in [9.17, 15) is 14.9 Å². The first kappa shape index (κ1) is 20.1. The van der Waals surface area contributed by atoms with Gasteiger partial charge in [0.25, 0.3) is 5.69 Å². The summed E-state index contributed by atoms with van der Waals surface area (Å²) in [7, 11) is 0. The molecule has 3 aromatic rings. The van der Waals surface area contributed by atoms with Crippen molar-refractivity contribution < 1.29 is 14.5 Å². The summed E-state index contributed by atoms with van der Waals surface area (Å²) in [6.45, 7) is 0.407. The van der Waals surface area contributed by atoms with Crippen LogP contribution in [-0.4, -0.2) is 29.2 Å². The SMILES string of the molecule is Nc1ncc([N+](=O)[O-])cc1C=CCNC(=O)OCC1c2ccccc2-c2ccccc21. The van der Waals surface area contributed by atoms with E-state index in [0.717, 1.165) is 28.5 Å². The molecule has 1 aromatic heterocycles. The Kier molecular flexibility index (Phi) is 5.61. The molecule has 0 fully saturated rings. The van der Waals surface area contributed by atoms with Gasteiger partial charge in [0.05, 0.1) is 4.92 Å². The van der Waals surface area contributed by atoms with E-state index in [1.54, 1.807) is 12.2 Å². The summed E-state index contributed by atoms with van der Waals surface area (Å²) in [5.74, 6) is 0.160. The molecule has 0 bridgehead atoms. The fourth-order valence-corrected chi connectivity index (χ4v) is 3.69. The summed E-state index contributed by atoms with van der Waals surface area (Å²) in [6.07, 6.45) is 3.75. The third-order valence-electron chi connectivity index (χ3n) is 5.15. The topological polar surface area (TPSA) is 120 Å². The highest BCUT2D eigenvalue weighted by molar-refractivity contribution is 5.79. The second kappa shape index (κ2) is 8.66. The first-order valence-corrected chi connectivity index (χ1v) is 9.70. The lowest BCUT2D eigenvalue weighted by Crippen LogP contribution is -2.26. The molecule has 4 rings (SSSR count). The Bertz CT molecular complexity index is 1130. The molecule has 0 atom stereocenters. The summed E-state index contributed by atoms with van der Waals surface area (Å²) in [4.78, 5) is 26.3. The summed E-state index contributed by atoms with van der Waals surface area (Å²) >= 11 is 0. The van der Waals surface area contributed by atoms with Gasteiger partial charge < -0.3 is 15.8 Å². The number of ether oxygens (including phenoxy) is 1. The van der Waals surface area contributed by atoms with Crippen LogP contribution in [-0.2, 0) is 4.74 Å². The van der Waals surface area contributed by atoms with Crippen LogP contribution in [0.1, 0.15) is 22.6 Å². The first-order chi connectivity index (χ1) is 15.0. The number of alkyl carbamates (subject to hydrolysis) is 1. The minimum absolute atomic E-state index is 0.00978. The lowest BCUT2D eigenvalue weighted by Gasteiger charge is -2.14. The molecule has 0 radical (unpaired) electrons. The van der Waals surface area contributed by atoms with Crippen molar-refractivity contribution in [1.82, 2.24) is 10.3 Å². The number of rotatable bonds is 6. The molecule has 8 heteroatoms. The molecular formula is C23H20N4O4. The lowest BCUT2D eigenvalue weighted by molar-refractivity contribution is -0.385. The largest absolute Gasteiger partial charge is 0.449 e. The Labute approximate surface area is 178 Å². The number of hydrogen-bond donors (Lipinski definition) is 2. The zero-order valence-corrected chi connectivity index (χ0v) is 16.5. The fraction of sp³-hybridized carbons (Fsp3) is 0.130. The number of nitrogens with two attached hydrogens (primary N) is 1. The maximum Gasteiger partial charge on any atom is 0.407 e. The van der Waals surface area contributed by atoms with Crippen LogP contribution in [0, 0.1) is 10.1 Å². The number of aromatic nitrogens is 1. The van der Waals surface area contributed by atoms with Crippen LogP contribution >= 0.6 is 0 Å². The second-order valence-electron chi connectivity index (χ2n) is 7.03. The predicted molar refractivity (Wildman–Crippen MR) is 117 cm³/mol. The van der Waals surface area contributed by atoms with Gasteiger partial charge in [-0.3, -0.25) is 10.1 Å². The maximum atomic E-state index is 12.2. The average Bonchev–Trinajstić information content (AvgIpc) is 3.10. The van der Waals surface area contributed by atoms with Crippen molar-refractivity contribution in [1.29, 1.82) is 0 Å². The number of amides is 1. The summed E-state index contributed by atoms with van der Waals surface area (Å²) in [5.41, 5.74) is 10.6. The minimum Gasteiger partial charge on any atom is -0.449 e. The number of carbonyl (C=O) groups is 1. The van der Waals surface area contributed by atoms with Gasteiger partial charge in [0.2, 0.25) is 0 Å². The van der Waals surface area contributed by atoms with Crippen LogP contribution in [0.5, 0.6) is 0 Å². The molecule has 0 saturated heterocycles. The van der Waals surface area contributed by atoms with Gasteiger partial charge in [-0.1, -0.05) is 60.7 Å². The number of nitrogens with one attached hydrogen (secondary N) is 1. The summed E-state index contributed by atoms with van der Waals surface area (Å²) < 4.78 is 5.46. The molecule has 8 nitrogen and oxygen atoms in total.